The van der Waals surface area contributed by atoms with Gasteiger partial charge in [0.15, 0.2) is 0 Å². The molecule has 1 rings (SSSR count). The minimum atomic E-state index is 0.375. The third kappa shape index (κ3) is 13.3. The molecule has 0 saturated carbocycles. The molecule has 0 amide bonds. The maximum atomic E-state index is 8.95. The lowest BCUT2D eigenvalue weighted by Gasteiger charge is -2.10. The van der Waals surface area contributed by atoms with E-state index in [-0.39, 0.29) is 0 Å². The molecule has 0 aromatic heterocycles. The Morgan fingerprint density at radius 1 is 1.29 bits per heavy atom. The van der Waals surface area contributed by atoms with Crippen LogP contribution in [0, 0.1) is 0 Å². The molecule has 0 aromatic carbocycles. The molecule has 0 spiro atoms. The maximum absolute atomic E-state index is 8.95. The smallest absolute Gasteiger partial charge is 0.292 e. The Balaban J connectivity index is 0. The van der Waals surface area contributed by atoms with Crippen molar-refractivity contribution in [3.63, 3.8) is 0 Å². The molecule has 1 fully saturated rings. The number of ether oxygens (including phenoxy) is 3. The minimum absolute atomic E-state index is 0.375. The number of likely N-dealkylation sites (N-methyl/N-ethyl adjacent to an activating group) is 1. The summed E-state index contributed by atoms with van der Waals surface area (Å²) in [5.41, 5.74) is 0. The highest BCUT2D eigenvalue weighted by Gasteiger charge is 2.19. The molecule has 17 heavy (non-hydrogen) atoms. The van der Waals surface area contributed by atoms with Crippen molar-refractivity contribution in [2.75, 3.05) is 47.6 Å². The lowest BCUT2D eigenvalue weighted by molar-refractivity contribution is -0.126. The molecule has 1 saturated heterocycles. The highest BCUT2D eigenvalue weighted by molar-refractivity contribution is 5.36. The minimum Gasteiger partial charge on any atom is -0.471 e. The van der Waals surface area contributed by atoms with Crippen LogP contribution < -0.4 is 0 Å². The second-order valence-corrected chi connectivity index (χ2v) is 3.37. The van der Waals surface area contributed by atoms with Gasteiger partial charge < -0.3 is 19.1 Å². The average Bonchev–Trinajstić information content (AvgIpc) is 2.78. The van der Waals surface area contributed by atoms with Crippen LogP contribution in [-0.2, 0) is 19.0 Å². The van der Waals surface area contributed by atoms with Crippen molar-refractivity contribution in [2.24, 2.45) is 0 Å². The van der Waals surface area contributed by atoms with Gasteiger partial charge in [-0.05, 0) is 13.5 Å². The second-order valence-electron chi connectivity index (χ2n) is 3.37. The van der Waals surface area contributed by atoms with E-state index in [2.05, 4.69) is 16.7 Å². The Bertz CT molecular complexity index is 155. The maximum Gasteiger partial charge on any atom is 0.292 e. The van der Waals surface area contributed by atoms with Crippen molar-refractivity contribution in [2.45, 2.75) is 26.4 Å². The molecule has 1 unspecified atom stereocenters. The molecule has 1 heterocycles. The summed E-state index contributed by atoms with van der Waals surface area (Å²) >= 11 is 0. The van der Waals surface area contributed by atoms with E-state index in [1.54, 1.807) is 7.11 Å². The molecule has 0 radical (unpaired) electrons. The van der Waals surface area contributed by atoms with Crippen molar-refractivity contribution in [1.29, 1.82) is 0 Å². The van der Waals surface area contributed by atoms with Crippen LogP contribution >= 0.6 is 0 Å². The Morgan fingerprint density at radius 2 is 1.88 bits per heavy atom. The van der Waals surface area contributed by atoms with E-state index in [0.29, 0.717) is 19.2 Å². The number of hydrogen-bond acceptors (Lipinski definition) is 5. The van der Waals surface area contributed by atoms with E-state index in [1.807, 2.05) is 13.8 Å². The Morgan fingerprint density at radius 3 is 2.24 bits per heavy atom. The summed E-state index contributed by atoms with van der Waals surface area (Å²) in [6.45, 7) is 8.05. The number of nitrogens with zero attached hydrogens (tertiary/aromatic N) is 1. The highest BCUT2D eigenvalue weighted by Crippen LogP contribution is 2.09. The summed E-state index contributed by atoms with van der Waals surface area (Å²) in [5, 5.41) is 0. The zero-order valence-electron chi connectivity index (χ0n) is 11.8. The summed E-state index contributed by atoms with van der Waals surface area (Å²) in [4.78, 5) is 11.2. The summed E-state index contributed by atoms with van der Waals surface area (Å²) < 4.78 is 14.3. The summed E-state index contributed by atoms with van der Waals surface area (Å²) in [5.74, 6) is 0. The van der Waals surface area contributed by atoms with Gasteiger partial charge in [-0.3, -0.25) is 4.79 Å². The molecule has 104 valence electrons. The van der Waals surface area contributed by atoms with Gasteiger partial charge in [-0.2, -0.15) is 0 Å². The van der Waals surface area contributed by atoms with Gasteiger partial charge in [-0.15, -0.1) is 0 Å². The monoisotopic (exact) mass is 249 g/mol. The number of rotatable bonds is 5. The molecule has 0 aliphatic carbocycles. The third-order valence-electron chi connectivity index (χ3n) is 2.09. The van der Waals surface area contributed by atoms with Gasteiger partial charge in [0.05, 0.1) is 26.4 Å². The molecule has 5 heteroatoms. The molecular formula is C12H27NO4. The predicted molar refractivity (Wildman–Crippen MR) is 68.2 cm³/mol. The molecule has 0 bridgehead atoms. The molecule has 1 aliphatic rings. The van der Waals surface area contributed by atoms with Crippen molar-refractivity contribution >= 4 is 6.47 Å². The normalized spacial score (nSPS) is 18.5. The van der Waals surface area contributed by atoms with Crippen LogP contribution in [0.3, 0.4) is 0 Å². The number of likely N-dealkylation sites (tertiary alicyclic amines) is 1. The lowest BCUT2D eigenvalue weighted by atomic mass is 10.3. The van der Waals surface area contributed by atoms with Gasteiger partial charge in [-0.25, -0.2) is 0 Å². The van der Waals surface area contributed by atoms with E-state index >= 15 is 0 Å². The van der Waals surface area contributed by atoms with Gasteiger partial charge >= 0.3 is 0 Å². The standard InChI is InChI=1S/C8H17NO2.C2H4O2.C2H6/c1-9-4-3-8(7-9)11-6-5-10-2;1-4-2-3;1-2/h8H,3-7H2,1-2H3;2H,1H3;1-2H3. The van der Waals surface area contributed by atoms with E-state index in [9.17, 15) is 0 Å². The quantitative estimate of drug-likeness (QED) is 0.541. The van der Waals surface area contributed by atoms with Crippen LogP contribution in [0.15, 0.2) is 0 Å². The van der Waals surface area contributed by atoms with Gasteiger partial charge in [0, 0.05) is 20.2 Å². The lowest BCUT2D eigenvalue weighted by Crippen LogP contribution is -2.20. The highest BCUT2D eigenvalue weighted by atomic mass is 16.5. The molecule has 5 nitrogen and oxygen atoms in total. The van der Waals surface area contributed by atoms with Crippen LogP contribution in [0.2, 0.25) is 0 Å². The second kappa shape index (κ2) is 15.4. The zero-order valence-corrected chi connectivity index (χ0v) is 11.8. The number of carbonyl (C=O) groups is 1. The Labute approximate surface area is 105 Å². The van der Waals surface area contributed by atoms with Crippen molar-refractivity contribution in [1.82, 2.24) is 4.90 Å². The van der Waals surface area contributed by atoms with Crippen molar-refractivity contribution < 1.29 is 19.0 Å². The predicted octanol–water partition coefficient (Wildman–Crippen LogP) is 1.17. The van der Waals surface area contributed by atoms with Crippen molar-refractivity contribution in [3.8, 4) is 0 Å². The zero-order chi connectivity index (χ0) is 13.5. The van der Waals surface area contributed by atoms with Gasteiger partial charge in [0.25, 0.3) is 6.47 Å². The molecule has 1 aliphatic heterocycles. The fourth-order valence-corrected chi connectivity index (χ4v) is 1.33. The summed E-state index contributed by atoms with van der Waals surface area (Å²) in [6.07, 6.45) is 1.61. The number of carbonyl (C=O) groups excluding carboxylic acids is 1. The van der Waals surface area contributed by atoms with Crippen LogP contribution in [-0.4, -0.2) is 65.0 Å². The molecule has 0 aromatic rings. The first-order chi connectivity index (χ1) is 8.24. The Hall–Kier alpha value is -0.650. The SMILES string of the molecule is CC.COC=O.COCCOC1CCN(C)C1. The molecule has 1 atom stereocenters. The van der Waals surface area contributed by atoms with Crippen LogP contribution in [0.1, 0.15) is 20.3 Å². The fourth-order valence-electron chi connectivity index (χ4n) is 1.33. The van der Waals surface area contributed by atoms with Crippen molar-refractivity contribution in [3.05, 3.63) is 0 Å². The largest absolute Gasteiger partial charge is 0.471 e. The number of methoxy groups -OCH3 is 2. The van der Waals surface area contributed by atoms with Gasteiger partial charge in [0.2, 0.25) is 0 Å². The van der Waals surface area contributed by atoms with E-state index in [4.69, 9.17) is 14.3 Å². The van der Waals surface area contributed by atoms with E-state index in [0.717, 1.165) is 19.7 Å². The van der Waals surface area contributed by atoms with Gasteiger partial charge in [-0.1, -0.05) is 13.8 Å². The average molecular weight is 249 g/mol. The Kier molecular flexibility index (Phi) is 16.9. The van der Waals surface area contributed by atoms with Crippen LogP contribution in [0.4, 0.5) is 0 Å². The fraction of sp³-hybridized carbons (Fsp3) is 0.917. The molecular weight excluding hydrogens is 222 g/mol. The van der Waals surface area contributed by atoms with E-state index in [1.165, 1.54) is 13.5 Å². The number of hydrogen-bond donors (Lipinski definition) is 0. The third-order valence-corrected chi connectivity index (χ3v) is 2.09. The first kappa shape index (κ1) is 18.7. The van der Waals surface area contributed by atoms with E-state index < -0.39 is 0 Å². The first-order valence-corrected chi connectivity index (χ1v) is 6.00. The van der Waals surface area contributed by atoms with Crippen LogP contribution in [0.25, 0.3) is 0 Å². The topological polar surface area (TPSA) is 48.0 Å². The summed E-state index contributed by atoms with van der Waals surface area (Å²) in [7, 11) is 5.14. The molecule has 0 N–H and O–H groups in total. The van der Waals surface area contributed by atoms with Gasteiger partial charge in [0.1, 0.15) is 0 Å². The summed E-state index contributed by atoms with van der Waals surface area (Å²) in [6, 6.07) is 0. The first-order valence-electron chi connectivity index (χ1n) is 6.00. The van der Waals surface area contributed by atoms with Crippen LogP contribution in [0.5, 0.6) is 0 Å².